The summed E-state index contributed by atoms with van der Waals surface area (Å²) in [5, 5.41) is 32.4. The smallest absolute Gasteiger partial charge is 0.289 e. The molecule has 12 nitrogen and oxygen atoms in total. The third-order valence-corrected chi connectivity index (χ3v) is 8.44. The van der Waals surface area contributed by atoms with Gasteiger partial charge in [-0.2, -0.15) is 5.26 Å². The average molecular weight is 584 g/mol. The predicted molar refractivity (Wildman–Crippen MR) is 144 cm³/mol. The molecule has 1 aromatic carbocycles. The number of anilines is 2. The van der Waals surface area contributed by atoms with Gasteiger partial charge in [-0.1, -0.05) is 34.7 Å². The zero-order chi connectivity index (χ0) is 27.7. The van der Waals surface area contributed by atoms with E-state index in [1.54, 1.807) is 17.0 Å². The zero-order valence-electron chi connectivity index (χ0n) is 19.9. The first-order chi connectivity index (χ1) is 18.8. The van der Waals surface area contributed by atoms with Crippen LogP contribution >= 0.6 is 34.7 Å². The Morgan fingerprint density at radius 1 is 1.38 bits per heavy atom. The number of nitro benzene ring substituents is 1. The Labute approximate surface area is 234 Å². The molecule has 3 N–H and O–H groups in total. The lowest BCUT2D eigenvalue weighted by atomic mass is 9.78. The Bertz CT molecular complexity index is 1590. The van der Waals surface area contributed by atoms with Gasteiger partial charge in [-0.15, -0.1) is 10.2 Å². The van der Waals surface area contributed by atoms with E-state index in [1.807, 2.05) is 0 Å². The average Bonchev–Trinajstić information content (AvgIpc) is 3.60. The molecule has 0 saturated carbocycles. The fraction of sp³-hybridized carbons (Fsp3) is 0.208. The maximum Gasteiger partial charge on any atom is 0.289 e. The highest BCUT2D eigenvalue weighted by atomic mass is 35.5. The molecule has 1 aliphatic carbocycles. The second-order valence-electron chi connectivity index (χ2n) is 8.44. The summed E-state index contributed by atoms with van der Waals surface area (Å²) < 4.78 is 6.01. The van der Waals surface area contributed by atoms with Crippen molar-refractivity contribution < 1.29 is 18.9 Å². The van der Waals surface area contributed by atoms with Gasteiger partial charge in [0.2, 0.25) is 11.0 Å². The van der Waals surface area contributed by atoms with Gasteiger partial charge >= 0.3 is 0 Å². The Kier molecular flexibility index (Phi) is 7.38. The Morgan fingerprint density at radius 3 is 2.92 bits per heavy atom. The van der Waals surface area contributed by atoms with E-state index >= 15 is 0 Å². The molecular weight excluding hydrogens is 566 g/mol. The highest BCUT2D eigenvalue weighted by Gasteiger charge is 2.42. The number of benzene rings is 1. The number of thioether (sulfide) groups is 1. The van der Waals surface area contributed by atoms with Crippen LogP contribution in [0.1, 0.15) is 30.9 Å². The first-order valence-electron chi connectivity index (χ1n) is 11.5. The minimum absolute atomic E-state index is 0.0345. The minimum Gasteiger partial charge on any atom is -0.468 e. The van der Waals surface area contributed by atoms with Crippen LogP contribution in [-0.4, -0.2) is 32.6 Å². The molecule has 2 aliphatic rings. The Morgan fingerprint density at radius 2 is 2.21 bits per heavy atom. The zero-order valence-corrected chi connectivity index (χ0v) is 22.3. The van der Waals surface area contributed by atoms with Gasteiger partial charge < -0.3 is 15.5 Å². The summed E-state index contributed by atoms with van der Waals surface area (Å²) in [4.78, 5) is 37.6. The van der Waals surface area contributed by atoms with Gasteiger partial charge in [0.25, 0.3) is 5.69 Å². The second kappa shape index (κ2) is 10.9. The summed E-state index contributed by atoms with van der Waals surface area (Å²) >= 11 is 8.08. The molecule has 0 spiro atoms. The number of amides is 1. The molecule has 0 saturated heterocycles. The number of rotatable bonds is 7. The number of carbonyl (C=O) groups is 2. The highest BCUT2D eigenvalue weighted by Crippen LogP contribution is 2.47. The molecule has 3 heterocycles. The van der Waals surface area contributed by atoms with Crippen molar-refractivity contribution in [3.8, 4) is 6.07 Å². The SMILES string of the molecule is N#CC1=C(N)N(c2nnc(SCC(=O)Nc3ccc(Cl)c([N+](=O)[O-])c3)s2)C2=C(C(=O)CCC2)C1c1ccco1. The van der Waals surface area contributed by atoms with E-state index in [4.69, 9.17) is 21.8 Å². The fourth-order valence-electron chi connectivity index (χ4n) is 4.45. The molecule has 0 radical (unpaired) electrons. The number of hydrogen-bond acceptors (Lipinski definition) is 12. The Balaban J connectivity index is 1.36. The van der Waals surface area contributed by atoms with Crippen molar-refractivity contribution >= 4 is 62.9 Å². The summed E-state index contributed by atoms with van der Waals surface area (Å²) in [5.41, 5.74) is 7.69. The van der Waals surface area contributed by atoms with Crippen LogP contribution in [-0.2, 0) is 9.59 Å². The van der Waals surface area contributed by atoms with E-state index in [0.717, 1.165) is 23.1 Å². The lowest BCUT2D eigenvalue weighted by Gasteiger charge is -2.37. The van der Waals surface area contributed by atoms with E-state index < -0.39 is 16.7 Å². The fourth-order valence-corrected chi connectivity index (χ4v) is 6.32. The van der Waals surface area contributed by atoms with Crippen LogP contribution in [0.2, 0.25) is 5.02 Å². The number of halogens is 1. The van der Waals surface area contributed by atoms with E-state index in [2.05, 4.69) is 21.6 Å². The highest BCUT2D eigenvalue weighted by molar-refractivity contribution is 8.01. The molecular formula is C24H18ClN7O5S2. The molecule has 15 heteroatoms. The normalized spacial score (nSPS) is 17.2. The van der Waals surface area contributed by atoms with E-state index in [-0.39, 0.29) is 39.3 Å². The van der Waals surface area contributed by atoms with Crippen molar-refractivity contribution in [1.29, 1.82) is 5.26 Å². The molecule has 198 valence electrons. The summed E-state index contributed by atoms with van der Waals surface area (Å²) in [6.45, 7) is 0. The molecule has 0 bridgehead atoms. The van der Waals surface area contributed by atoms with Crippen molar-refractivity contribution in [2.45, 2.75) is 29.5 Å². The number of nitrogens with zero attached hydrogens (tertiary/aromatic N) is 5. The van der Waals surface area contributed by atoms with E-state index in [9.17, 15) is 25.0 Å². The summed E-state index contributed by atoms with van der Waals surface area (Å²) in [6.07, 6.45) is 3.01. The van der Waals surface area contributed by atoms with Crippen molar-refractivity contribution in [3.63, 3.8) is 0 Å². The van der Waals surface area contributed by atoms with Crippen molar-refractivity contribution in [2.24, 2.45) is 5.73 Å². The lowest BCUT2D eigenvalue weighted by molar-refractivity contribution is -0.384. The minimum atomic E-state index is -0.696. The number of furan rings is 1. The van der Waals surface area contributed by atoms with Gasteiger partial charge in [0.05, 0.1) is 34.5 Å². The molecule has 2 aromatic heterocycles. The van der Waals surface area contributed by atoms with Crippen molar-refractivity contribution in [3.05, 3.63) is 80.2 Å². The molecule has 1 aliphatic heterocycles. The van der Waals surface area contributed by atoms with Crippen LogP contribution in [0.25, 0.3) is 0 Å². The van der Waals surface area contributed by atoms with Gasteiger partial charge in [-0.05, 0) is 37.1 Å². The van der Waals surface area contributed by atoms with E-state index in [0.29, 0.717) is 45.8 Å². The van der Waals surface area contributed by atoms with Crippen LogP contribution in [0.4, 0.5) is 16.5 Å². The summed E-state index contributed by atoms with van der Waals surface area (Å²) in [7, 11) is 0. The van der Waals surface area contributed by atoms with Gasteiger partial charge in [-0.25, -0.2) is 0 Å². The molecule has 3 aromatic rings. The maximum atomic E-state index is 13.1. The maximum absolute atomic E-state index is 13.1. The van der Waals surface area contributed by atoms with Gasteiger partial charge in [-0.3, -0.25) is 24.6 Å². The first kappa shape index (κ1) is 26.4. The lowest BCUT2D eigenvalue weighted by Crippen LogP contribution is -2.38. The number of nitriles is 1. The number of ketones is 1. The van der Waals surface area contributed by atoms with Crippen LogP contribution < -0.4 is 16.0 Å². The number of nitrogens with one attached hydrogen (secondary N) is 1. The monoisotopic (exact) mass is 583 g/mol. The Hall–Kier alpha value is -4.19. The standard InChI is InChI=1S/C24H18ClN7O5S2/c25-14-7-6-12(9-16(14)32(35)36)28-19(34)11-38-24-30-29-23(39-24)31-15-3-1-4-17(33)21(15)20(13(10-26)22(31)27)18-5-2-8-37-18/h2,5-9,20H,1,3-4,11,27H2,(H,28,34). The third-order valence-electron chi connectivity index (χ3n) is 6.08. The molecule has 0 fully saturated rings. The van der Waals surface area contributed by atoms with Crippen LogP contribution in [0.5, 0.6) is 0 Å². The number of aromatic nitrogens is 2. The molecule has 5 rings (SSSR count). The number of carbonyl (C=O) groups excluding carboxylic acids is 2. The first-order valence-corrected chi connectivity index (χ1v) is 13.7. The van der Waals surface area contributed by atoms with Gasteiger partial charge in [0.1, 0.15) is 16.6 Å². The molecule has 1 unspecified atom stereocenters. The molecule has 1 atom stereocenters. The number of nitrogens with two attached hydrogens (primary N) is 1. The molecule has 1 amide bonds. The van der Waals surface area contributed by atoms with Crippen molar-refractivity contribution in [2.75, 3.05) is 16.0 Å². The van der Waals surface area contributed by atoms with Gasteiger partial charge in [0, 0.05) is 29.4 Å². The number of hydrogen-bond donors (Lipinski definition) is 2. The number of Topliss-reactive ketones (excluding diaryl/α,β-unsaturated/α-hetero) is 1. The third kappa shape index (κ3) is 5.11. The summed E-state index contributed by atoms with van der Waals surface area (Å²) in [6, 6.07) is 9.53. The molecule has 39 heavy (non-hydrogen) atoms. The van der Waals surface area contributed by atoms with Crippen LogP contribution in [0.3, 0.4) is 0 Å². The predicted octanol–water partition coefficient (Wildman–Crippen LogP) is 4.73. The van der Waals surface area contributed by atoms with Crippen molar-refractivity contribution in [1.82, 2.24) is 10.2 Å². The number of nitro groups is 1. The van der Waals surface area contributed by atoms with E-state index in [1.165, 1.54) is 24.5 Å². The van der Waals surface area contributed by atoms with Crippen LogP contribution in [0, 0.1) is 21.4 Å². The topological polar surface area (TPSA) is 181 Å². The summed E-state index contributed by atoms with van der Waals surface area (Å²) in [5.74, 6) is -0.641. The number of allylic oxidation sites excluding steroid dienone is 3. The second-order valence-corrected chi connectivity index (χ2v) is 11.0. The van der Waals surface area contributed by atoms with Gasteiger partial charge in [0.15, 0.2) is 10.1 Å². The van der Waals surface area contributed by atoms with Crippen LogP contribution in [0.15, 0.2) is 68.0 Å². The largest absolute Gasteiger partial charge is 0.468 e. The quantitative estimate of drug-likeness (QED) is 0.223.